The molecule has 0 saturated carbocycles. The molecule has 190 valence electrons. The number of carbonyl (C=O) groups is 2. The van der Waals surface area contributed by atoms with Crippen molar-refractivity contribution in [1.82, 2.24) is 9.88 Å². The van der Waals surface area contributed by atoms with Crippen LogP contribution in [0.15, 0.2) is 82.2 Å². The molecule has 5 rings (SSSR count). The molecule has 1 aromatic heterocycles. The number of aromatic nitrogens is 1. The number of fused-ring (bicyclic) bond motifs is 1. The molecule has 0 spiro atoms. The minimum Gasteiger partial charge on any atom is -0.338 e. The number of carbonyl (C=O) groups excluding carboxylic acids is 2. The number of anilines is 1. The summed E-state index contributed by atoms with van der Waals surface area (Å²) in [5.74, 6) is -1.27. The van der Waals surface area contributed by atoms with Crippen LogP contribution in [0.25, 0.3) is 17.0 Å². The monoisotopic (exact) mass is 562 g/mol. The summed E-state index contributed by atoms with van der Waals surface area (Å²) in [5.41, 5.74) is 2.52. The molecule has 0 radical (unpaired) electrons. The Morgan fingerprint density at radius 1 is 1.05 bits per heavy atom. The Kier molecular flexibility index (Phi) is 6.78. The standard InChI is InChI=1S/C27H19ClN4O4S2/c1-15-3-10-19(11-4-15)38-26-21(20-13-18(32(35)36)9-12-23(20)30(26)2)14-22-24(33)29-27(37)31(25(22)34)17-7-5-16(28)6-8-17/h3-14H,1-2H3,(H,29,33,37)/b22-14+. The molecule has 1 saturated heterocycles. The molecule has 3 aromatic carbocycles. The van der Waals surface area contributed by atoms with Gasteiger partial charge in [0.25, 0.3) is 17.5 Å². The largest absolute Gasteiger partial charge is 0.338 e. The van der Waals surface area contributed by atoms with E-state index in [1.807, 2.05) is 42.8 Å². The normalized spacial score (nSPS) is 14.9. The predicted molar refractivity (Wildman–Crippen MR) is 153 cm³/mol. The number of non-ortho nitro benzene ring substituents is 1. The van der Waals surface area contributed by atoms with Gasteiger partial charge in [0, 0.05) is 45.6 Å². The molecule has 2 heterocycles. The first kappa shape index (κ1) is 25.7. The minimum absolute atomic E-state index is 0.0534. The van der Waals surface area contributed by atoms with Crippen LogP contribution >= 0.6 is 35.6 Å². The van der Waals surface area contributed by atoms with Crippen LogP contribution in [0.3, 0.4) is 0 Å². The molecular formula is C27H19ClN4O4S2. The third kappa shape index (κ3) is 4.69. The molecule has 0 atom stereocenters. The second-order valence-electron chi connectivity index (χ2n) is 8.59. The lowest BCUT2D eigenvalue weighted by Crippen LogP contribution is -2.54. The lowest BCUT2D eigenvalue weighted by Gasteiger charge is -2.29. The van der Waals surface area contributed by atoms with Gasteiger partial charge in [-0.2, -0.15) is 0 Å². The van der Waals surface area contributed by atoms with Crippen molar-refractivity contribution in [3.63, 3.8) is 0 Å². The number of aryl methyl sites for hydroxylation is 2. The summed E-state index contributed by atoms with van der Waals surface area (Å²) in [6, 6.07) is 18.9. The van der Waals surface area contributed by atoms with E-state index in [1.165, 1.54) is 34.9 Å². The number of nitro benzene ring substituents is 1. The Balaban J connectivity index is 1.69. The van der Waals surface area contributed by atoms with E-state index in [-0.39, 0.29) is 16.4 Å². The molecule has 8 nitrogen and oxygen atoms in total. The van der Waals surface area contributed by atoms with E-state index in [2.05, 4.69) is 5.32 Å². The first-order chi connectivity index (χ1) is 18.1. The molecule has 1 aliphatic heterocycles. The number of nitrogens with zero attached hydrogens (tertiary/aromatic N) is 3. The Morgan fingerprint density at radius 3 is 2.39 bits per heavy atom. The highest BCUT2D eigenvalue weighted by molar-refractivity contribution is 7.99. The third-order valence-electron chi connectivity index (χ3n) is 6.09. The number of benzene rings is 3. The summed E-state index contributed by atoms with van der Waals surface area (Å²) in [6.07, 6.45) is 1.48. The summed E-state index contributed by atoms with van der Waals surface area (Å²) < 4.78 is 1.89. The van der Waals surface area contributed by atoms with Gasteiger partial charge in [-0.3, -0.25) is 29.9 Å². The van der Waals surface area contributed by atoms with E-state index in [9.17, 15) is 19.7 Å². The SMILES string of the molecule is Cc1ccc(Sc2c(/C=C3\C(=O)NC(=S)N(c4ccc(Cl)cc4)C3=O)c3cc([N+](=O)[O-])ccc3n2C)cc1. The number of amides is 2. The van der Waals surface area contributed by atoms with Crippen LogP contribution in [0.1, 0.15) is 11.1 Å². The fourth-order valence-corrected chi connectivity index (χ4v) is 5.57. The fraction of sp³-hybridized carbons (Fsp3) is 0.0741. The highest BCUT2D eigenvalue weighted by Gasteiger charge is 2.35. The van der Waals surface area contributed by atoms with Gasteiger partial charge in [0.1, 0.15) is 5.57 Å². The zero-order valence-corrected chi connectivity index (χ0v) is 22.5. The topological polar surface area (TPSA) is 97.5 Å². The number of nitrogens with one attached hydrogen (secondary N) is 1. The summed E-state index contributed by atoms with van der Waals surface area (Å²) in [5, 5.41) is 15.8. The van der Waals surface area contributed by atoms with Crippen LogP contribution in [0.5, 0.6) is 0 Å². The van der Waals surface area contributed by atoms with Crippen molar-refractivity contribution in [2.24, 2.45) is 7.05 Å². The molecule has 38 heavy (non-hydrogen) atoms. The Labute approximate surface area is 232 Å². The van der Waals surface area contributed by atoms with E-state index in [4.69, 9.17) is 23.8 Å². The minimum atomic E-state index is -0.654. The van der Waals surface area contributed by atoms with Crippen molar-refractivity contribution in [3.05, 3.63) is 98.6 Å². The maximum Gasteiger partial charge on any atom is 0.270 e. The quantitative estimate of drug-likeness (QED) is 0.105. The first-order valence-corrected chi connectivity index (χ1v) is 12.9. The maximum atomic E-state index is 13.6. The van der Waals surface area contributed by atoms with Gasteiger partial charge >= 0.3 is 0 Å². The smallest absolute Gasteiger partial charge is 0.270 e. The highest BCUT2D eigenvalue weighted by Crippen LogP contribution is 2.39. The first-order valence-electron chi connectivity index (χ1n) is 11.3. The molecule has 1 N–H and O–H groups in total. The number of nitro groups is 1. The predicted octanol–water partition coefficient (Wildman–Crippen LogP) is 6.03. The fourth-order valence-electron chi connectivity index (χ4n) is 4.16. The second-order valence-corrected chi connectivity index (χ2v) is 10.5. The lowest BCUT2D eigenvalue weighted by molar-refractivity contribution is -0.384. The van der Waals surface area contributed by atoms with Gasteiger partial charge in [0.05, 0.1) is 15.6 Å². The molecule has 1 aliphatic rings. The zero-order valence-electron chi connectivity index (χ0n) is 20.1. The van der Waals surface area contributed by atoms with Gasteiger partial charge < -0.3 is 4.57 Å². The van der Waals surface area contributed by atoms with Crippen LogP contribution < -0.4 is 10.2 Å². The van der Waals surface area contributed by atoms with Gasteiger partial charge in [-0.1, -0.05) is 41.1 Å². The lowest BCUT2D eigenvalue weighted by atomic mass is 10.1. The van der Waals surface area contributed by atoms with E-state index >= 15 is 0 Å². The number of halogens is 1. The van der Waals surface area contributed by atoms with Crippen LogP contribution in [0.4, 0.5) is 11.4 Å². The average molecular weight is 563 g/mol. The van der Waals surface area contributed by atoms with Crippen molar-refractivity contribution in [2.75, 3.05) is 4.90 Å². The third-order valence-corrected chi connectivity index (χ3v) is 7.82. The molecule has 0 bridgehead atoms. The molecule has 4 aromatic rings. The molecule has 0 aliphatic carbocycles. The van der Waals surface area contributed by atoms with E-state index in [0.29, 0.717) is 32.2 Å². The maximum absolute atomic E-state index is 13.6. The number of thiocarbonyl (C=S) groups is 1. The van der Waals surface area contributed by atoms with Gasteiger partial charge in [-0.15, -0.1) is 0 Å². The number of rotatable bonds is 5. The highest BCUT2D eigenvalue weighted by atomic mass is 35.5. The van der Waals surface area contributed by atoms with Crippen molar-refractivity contribution in [2.45, 2.75) is 16.8 Å². The van der Waals surface area contributed by atoms with Crippen LogP contribution in [-0.2, 0) is 16.6 Å². The van der Waals surface area contributed by atoms with Crippen LogP contribution in [0.2, 0.25) is 5.02 Å². The van der Waals surface area contributed by atoms with Gasteiger partial charge in [0.2, 0.25) is 0 Å². The van der Waals surface area contributed by atoms with Crippen molar-refractivity contribution >= 4 is 80.9 Å². The second kappa shape index (κ2) is 10.1. The van der Waals surface area contributed by atoms with Crippen LogP contribution in [-0.4, -0.2) is 26.4 Å². The van der Waals surface area contributed by atoms with E-state index in [0.717, 1.165) is 10.5 Å². The van der Waals surface area contributed by atoms with Gasteiger partial charge in [-0.05, 0) is 67.7 Å². The van der Waals surface area contributed by atoms with Gasteiger partial charge in [-0.25, -0.2) is 0 Å². The van der Waals surface area contributed by atoms with Crippen molar-refractivity contribution in [1.29, 1.82) is 0 Å². The summed E-state index contributed by atoms with van der Waals surface area (Å²) in [7, 11) is 1.84. The molecule has 0 unspecified atom stereocenters. The average Bonchev–Trinajstić information content (AvgIpc) is 3.14. The van der Waals surface area contributed by atoms with E-state index in [1.54, 1.807) is 30.3 Å². The summed E-state index contributed by atoms with van der Waals surface area (Å²) in [6.45, 7) is 1.99. The Hall–Kier alpha value is -3.99. The van der Waals surface area contributed by atoms with Gasteiger partial charge in [0.15, 0.2) is 5.11 Å². The molecule has 11 heteroatoms. The molecule has 1 fully saturated rings. The zero-order chi connectivity index (χ0) is 27.1. The summed E-state index contributed by atoms with van der Waals surface area (Å²) in [4.78, 5) is 39.9. The number of hydrogen-bond acceptors (Lipinski definition) is 6. The molecular weight excluding hydrogens is 544 g/mol. The summed E-state index contributed by atoms with van der Waals surface area (Å²) >= 11 is 12.7. The Bertz CT molecular complexity index is 1680. The number of hydrogen-bond donors (Lipinski definition) is 1. The van der Waals surface area contributed by atoms with Crippen molar-refractivity contribution in [3.8, 4) is 0 Å². The Morgan fingerprint density at radius 2 is 1.74 bits per heavy atom. The molecule has 2 amide bonds. The van der Waals surface area contributed by atoms with Crippen molar-refractivity contribution < 1.29 is 14.5 Å². The van der Waals surface area contributed by atoms with E-state index < -0.39 is 16.7 Å². The van der Waals surface area contributed by atoms with Crippen LogP contribution in [0, 0.1) is 17.0 Å².